The second kappa shape index (κ2) is 6.08. The lowest BCUT2D eigenvalue weighted by atomic mass is 10.1. The molecule has 1 atom stereocenters. The van der Waals surface area contributed by atoms with Crippen LogP contribution < -0.4 is 14.4 Å². The van der Waals surface area contributed by atoms with Crippen LogP contribution in [0, 0.1) is 5.82 Å². The summed E-state index contributed by atoms with van der Waals surface area (Å²) < 4.78 is 29.2. The first-order valence-corrected chi connectivity index (χ1v) is 8.47. The van der Waals surface area contributed by atoms with E-state index in [0.717, 1.165) is 5.56 Å². The number of rotatable bonds is 3. The van der Waals surface area contributed by atoms with E-state index in [1.54, 1.807) is 29.2 Å². The quantitative estimate of drug-likeness (QED) is 0.708. The van der Waals surface area contributed by atoms with Gasteiger partial charge in [0.05, 0.1) is 5.92 Å². The normalized spacial score (nSPS) is 18.3. The van der Waals surface area contributed by atoms with E-state index in [9.17, 15) is 9.18 Å². The first-order valence-electron chi connectivity index (χ1n) is 8.47. The van der Waals surface area contributed by atoms with Gasteiger partial charge in [-0.2, -0.15) is 4.98 Å². The van der Waals surface area contributed by atoms with Crippen LogP contribution in [-0.2, 0) is 4.79 Å². The molecule has 0 bridgehead atoms. The van der Waals surface area contributed by atoms with E-state index in [4.69, 9.17) is 14.0 Å². The summed E-state index contributed by atoms with van der Waals surface area (Å²) in [5.41, 5.74) is 1.40. The van der Waals surface area contributed by atoms with Gasteiger partial charge in [0.25, 0.3) is 0 Å². The van der Waals surface area contributed by atoms with Gasteiger partial charge in [-0.3, -0.25) is 4.79 Å². The molecule has 3 heterocycles. The molecule has 0 saturated carbocycles. The molecule has 1 aromatic heterocycles. The van der Waals surface area contributed by atoms with Crippen molar-refractivity contribution in [1.29, 1.82) is 0 Å². The molecule has 1 saturated heterocycles. The fourth-order valence-corrected chi connectivity index (χ4v) is 3.30. The zero-order chi connectivity index (χ0) is 18.4. The second-order valence-corrected chi connectivity index (χ2v) is 6.41. The van der Waals surface area contributed by atoms with Crippen molar-refractivity contribution in [2.24, 2.45) is 0 Å². The van der Waals surface area contributed by atoms with Crippen molar-refractivity contribution in [2.45, 2.75) is 12.3 Å². The Morgan fingerprint density at radius 3 is 2.74 bits per heavy atom. The highest BCUT2D eigenvalue weighted by molar-refractivity contribution is 5.96. The predicted octanol–water partition coefficient (Wildman–Crippen LogP) is 3.12. The maximum atomic E-state index is 13.1. The Morgan fingerprint density at radius 1 is 1.07 bits per heavy atom. The molecule has 2 aliphatic rings. The Hall–Kier alpha value is -3.42. The van der Waals surface area contributed by atoms with Crippen molar-refractivity contribution in [3.8, 4) is 22.9 Å². The Labute approximate surface area is 153 Å². The first-order chi connectivity index (χ1) is 13.2. The molecule has 0 unspecified atom stereocenters. The fraction of sp³-hybridized carbons (Fsp3) is 0.211. The molecule has 2 aliphatic heterocycles. The van der Waals surface area contributed by atoms with Gasteiger partial charge < -0.3 is 18.9 Å². The van der Waals surface area contributed by atoms with Gasteiger partial charge in [0.1, 0.15) is 5.82 Å². The summed E-state index contributed by atoms with van der Waals surface area (Å²) >= 11 is 0. The van der Waals surface area contributed by atoms with Gasteiger partial charge in [-0.1, -0.05) is 5.16 Å². The number of carbonyl (C=O) groups is 1. The topological polar surface area (TPSA) is 77.7 Å². The van der Waals surface area contributed by atoms with E-state index in [-0.39, 0.29) is 30.9 Å². The van der Waals surface area contributed by atoms with Crippen LogP contribution in [-0.4, -0.2) is 29.4 Å². The molecule has 1 fully saturated rings. The zero-order valence-corrected chi connectivity index (χ0v) is 14.1. The van der Waals surface area contributed by atoms with E-state index < -0.39 is 0 Å². The van der Waals surface area contributed by atoms with Gasteiger partial charge in [0.2, 0.25) is 24.4 Å². The Morgan fingerprint density at radius 2 is 1.89 bits per heavy atom. The Kier molecular flexibility index (Phi) is 3.56. The van der Waals surface area contributed by atoms with Crippen LogP contribution in [0.5, 0.6) is 11.5 Å². The van der Waals surface area contributed by atoms with Gasteiger partial charge >= 0.3 is 0 Å². The average Bonchev–Trinajstić information content (AvgIpc) is 3.41. The molecule has 1 amide bonds. The van der Waals surface area contributed by atoms with Crippen LogP contribution >= 0.6 is 0 Å². The van der Waals surface area contributed by atoms with E-state index in [1.165, 1.54) is 12.1 Å². The van der Waals surface area contributed by atoms with E-state index >= 15 is 0 Å². The minimum absolute atomic E-state index is 0.0607. The highest BCUT2D eigenvalue weighted by Gasteiger charge is 2.35. The van der Waals surface area contributed by atoms with Crippen molar-refractivity contribution in [3.05, 3.63) is 54.2 Å². The van der Waals surface area contributed by atoms with Crippen molar-refractivity contribution in [2.75, 3.05) is 18.2 Å². The van der Waals surface area contributed by atoms with Crippen molar-refractivity contribution < 1.29 is 23.2 Å². The number of benzene rings is 2. The largest absolute Gasteiger partial charge is 0.454 e. The molecular weight excluding hydrogens is 353 g/mol. The van der Waals surface area contributed by atoms with Crippen molar-refractivity contribution >= 4 is 11.6 Å². The van der Waals surface area contributed by atoms with Gasteiger partial charge in [-0.05, 0) is 42.5 Å². The fourth-order valence-electron chi connectivity index (χ4n) is 3.30. The monoisotopic (exact) mass is 367 g/mol. The minimum Gasteiger partial charge on any atom is -0.454 e. The van der Waals surface area contributed by atoms with E-state index in [2.05, 4.69) is 10.1 Å². The summed E-state index contributed by atoms with van der Waals surface area (Å²) in [4.78, 5) is 18.4. The molecule has 0 spiro atoms. The summed E-state index contributed by atoms with van der Waals surface area (Å²) in [6.45, 7) is 0.604. The van der Waals surface area contributed by atoms with Crippen molar-refractivity contribution in [1.82, 2.24) is 10.1 Å². The lowest BCUT2D eigenvalue weighted by Crippen LogP contribution is -2.24. The maximum Gasteiger partial charge on any atom is 0.232 e. The summed E-state index contributed by atoms with van der Waals surface area (Å²) in [5, 5.41) is 4.03. The SMILES string of the molecule is O=C1C[C@H](c2nc(-c3ccc4c(c3)OCO4)no2)CN1c1ccc(F)cc1. The standard InChI is InChI=1S/C19H14FN3O4/c20-13-2-4-14(5-3-13)23-9-12(8-17(23)24)19-21-18(22-27-19)11-1-6-15-16(7-11)26-10-25-15/h1-7,12H,8-10H2/t12-/m0/s1. The van der Waals surface area contributed by atoms with Gasteiger partial charge in [0.15, 0.2) is 11.5 Å². The summed E-state index contributed by atoms with van der Waals surface area (Å²) in [5.74, 6) is 1.53. The summed E-state index contributed by atoms with van der Waals surface area (Å²) in [7, 11) is 0. The molecule has 8 heteroatoms. The van der Waals surface area contributed by atoms with Crippen molar-refractivity contribution in [3.63, 3.8) is 0 Å². The van der Waals surface area contributed by atoms with Crippen LogP contribution in [0.25, 0.3) is 11.4 Å². The molecular formula is C19H14FN3O4. The maximum absolute atomic E-state index is 13.1. The second-order valence-electron chi connectivity index (χ2n) is 6.41. The number of ether oxygens (including phenoxy) is 2. The molecule has 0 aliphatic carbocycles. The number of fused-ring (bicyclic) bond motifs is 1. The number of hydrogen-bond acceptors (Lipinski definition) is 6. The molecule has 7 nitrogen and oxygen atoms in total. The van der Waals surface area contributed by atoms with Crippen LogP contribution in [0.3, 0.4) is 0 Å². The minimum atomic E-state index is -0.341. The number of amides is 1. The summed E-state index contributed by atoms with van der Waals surface area (Å²) in [6.07, 6.45) is 0.264. The Bertz CT molecular complexity index is 1020. The number of carbonyl (C=O) groups excluding carboxylic acids is 1. The first kappa shape index (κ1) is 15.8. The summed E-state index contributed by atoms with van der Waals surface area (Å²) in [6, 6.07) is 11.3. The lowest BCUT2D eigenvalue weighted by Gasteiger charge is -2.15. The molecule has 27 heavy (non-hydrogen) atoms. The van der Waals surface area contributed by atoms with Crippen LogP contribution in [0.2, 0.25) is 0 Å². The lowest BCUT2D eigenvalue weighted by molar-refractivity contribution is -0.117. The van der Waals surface area contributed by atoms with Crippen LogP contribution in [0.4, 0.5) is 10.1 Å². The molecule has 2 aromatic carbocycles. The van der Waals surface area contributed by atoms with Gasteiger partial charge in [0, 0.05) is 24.2 Å². The molecule has 3 aromatic rings. The number of hydrogen-bond donors (Lipinski definition) is 0. The molecule has 136 valence electrons. The van der Waals surface area contributed by atoms with E-state index in [1.807, 2.05) is 6.07 Å². The number of anilines is 1. The number of halogens is 1. The third-order valence-corrected chi connectivity index (χ3v) is 4.69. The van der Waals surface area contributed by atoms with Crippen LogP contribution in [0.1, 0.15) is 18.2 Å². The van der Waals surface area contributed by atoms with Gasteiger partial charge in [-0.15, -0.1) is 0 Å². The average molecular weight is 367 g/mol. The Balaban J connectivity index is 1.37. The van der Waals surface area contributed by atoms with E-state index in [0.29, 0.717) is 35.4 Å². The highest BCUT2D eigenvalue weighted by Crippen LogP contribution is 2.36. The zero-order valence-electron chi connectivity index (χ0n) is 14.1. The van der Waals surface area contributed by atoms with Crippen LogP contribution in [0.15, 0.2) is 47.0 Å². The van der Waals surface area contributed by atoms with Gasteiger partial charge in [-0.25, -0.2) is 4.39 Å². The number of nitrogens with zero attached hydrogens (tertiary/aromatic N) is 3. The molecule has 5 rings (SSSR count). The molecule has 0 N–H and O–H groups in total. The predicted molar refractivity (Wildman–Crippen MR) is 92.0 cm³/mol. The number of aromatic nitrogens is 2. The highest BCUT2D eigenvalue weighted by atomic mass is 19.1. The third-order valence-electron chi connectivity index (χ3n) is 4.69. The third kappa shape index (κ3) is 2.79. The molecule has 0 radical (unpaired) electrons. The smallest absolute Gasteiger partial charge is 0.232 e.